The van der Waals surface area contributed by atoms with E-state index in [-0.39, 0.29) is 11.7 Å². The van der Waals surface area contributed by atoms with E-state index in [1.165, 1.54) is 0 Å². The van der Waals surface area contributed by atoms with Gasteiger partial charge in [-0.15, -0.1) is 0 Å². The topological polar surface area (TPSA) is 57.8 Å². The van der Waals surface area contributed by atoms with Crippen LogP contribution in [-0.2, 0) is 6.54 Å². The molecule has 1 fully saturated rings. The van der Waals surface area contributed by atoms with Crippen molar-refractivity contribution in [1.29, 1.82) is 0 Å². The number of β-amino-alcohol motifs (C(OH)–C–C–N with tert-alkyl or cyclic N) is 1. The first-order valence-electron chi connectivity index (χ1n) is 6.51. The average molecular weight is 259 g/mol. The number of likely N-dealkylation sites (tertiary alicyclic amines) is 1. The first-order chi connectivity index (χ1) is 9.11. The van der Waals surface area contributed by atoms with Crippen molar-refractivity contribution >= 4 is 5.65 Å². The summed E-state index contributed by atoms with van der Waals surface area (Å²) in [7, 11) is 0. The van der Waals surface area contributed by atoms with Gasteiger partial charge in [0.15, 0.2) is 0 Å². The molecule has 1 saturated heterocycles. The minimum absolute atomic E-state index is 0.0558. The standard InChI is InChI=1S/C14H17N3O2/c1-10-2-5-17-13(6-10)15-11(7-14(17)19)8-16-4-3-12(18)9-16/h2,5-7,12,18H,3-4,8-9H2,1H3/t12-/m1/s1. The zero-order valence-electron chi connectivity index (χ0n) is 10.9. The van der Waals surface area contributed by atoms with Gasteiger partial charge in [0, 0.05) is 31.9 Å². The molecule has 5 nitrogen and oxygen atoms in total. The Morgan fingerprint density at radius 3 is 3.05 bits per heavy atom. The molecule has 0 unspecified atom stereocenters. The Morgan fingerprint density at radius 1 is 1.47 bits per heavy atom. The quantitative estimate of drug-likeness (QED) is 0.856. The minimum atomic E-state index is -0.246. The summed E-state index contributed by atoms with van der Waals surface area (Å²) in [6, 6.07) is 5.38. The molecule has 2 aromatic rings. The van der Waals surface area contributed by atoms with Gasteiger partial charge in [-0.25, -0.2) is 4.98 Å². The van der Waals surface area contributed by atoms with Crippen LogP contribution in [0.15, 0.2) is 29.2 Å². The monoisotopic (exact) mass is 259 g/mol. The number of aliphatic hydroxyl groups is 1. The van der Waals surface area contributed by atoms with E-state index in [4.69, 9.17) is 0 Å². The van der Waals surface area contributed by atoms with Crippen molar-refractivity contribution < 1.29 is 5.11 Å². The molecular formula is C14H17N3O2. The van der Waals surface area contributed by atoms with Crippen LogP contribution in [0.4, 0.5) is 0 Å². The van der Waals surface area contributed by atoms with Crippen LogP contribution >= 0.6 is 0 Å². The molecule has 0 saturated carbocycles. The molecule has 2 aromatic heterocycles. The molecule has 1 atom stereocenters. The van der Waals surface area contributed by atoms with Crippen LogP contribution in [0.3, 0.4) is 0 Å². The molecule has 0 bridgehead atoms. The Labute approximate surface area is 111 Å². The van der Waals surface area contributed by atoms with E-state index in [9.17, 15) is 9.90 Å². The van der Waals surface area contributed by atoms with E-state index >= 15 is 0 Å². The van der Waals surface area contributed by atoms with Gasteiger partial charge in [-0.05, 0) is 31.0 Å². The Morgan fingerprint density at radius 2 is 2.32 bits per heavy atom. The summed E-state index contributed by atoms with van der Waals surface area (Å²) in [6.45, 7) is 4.12. The molecule has 0 aliphatic carbocycles. The van der Waals surface area contributed by atoms with Crippen LogP contribution in [-0.4, -0.2) is 38.6 Å². The number of fused-ring (bicyclic) bond motifs is 1. The van der Waals surface area contributed by atoms with E-state index in [0.29, 0.717) is 18.7 Å². The predicted molar refractivity (Wildman–Crippen MR) is 72.1 cm³/mol. The predicted octanol–water partition coefficient (Wildman–Crippen LogP) is 0.570. The Hall–Kier alpha value is -1.72. The molecule has 100 valence electrons. The maximum absolute atomic E-state index is 12.0. The Kier molecular flexibility index (Phi) is 3.08. The Bertz CT molecular complexity index is 665. The van der Waals surface area contributed by atoms with Gasteiger partial charge in [0.2, 0.25) is 0 Å². The molecule has 1 N–H and O–H groups in total. The van der Waals surface area contributed by atoms with Crippen molar-refractivity contribution in [3.63, 3.8) is 0 Å². The molecular weight excluding hydrogens is 242 g/mol. The second-order valence-corrected chi connectivity index (χ2v) is 5.20. The number of aromatic nitrogens is 2. The summed E-state index contributed by atoms with van der Waals surface area (Å²) in [5, 5.41) is 9.51. The lowest BCUT2D eigenvalue weighted by Gasteiger charge is -2.14. The van der Waals surface area contributed by atoms with E-state index in [0.717, 1.165) is 24.2 Å². The van der Waals surface area contributed by atoms with Crippen molar-refractivity contribution in [2.45, 2.75) is 26.0 Å². The fourth-order valence-electron chi connectivity index (χ4n) is 2.52. The number of aryl methyl sites for hydroxylation is 1. The normalized spacial score (nSPS) is 20.2. The highest BCUT2D eigenvalue weighted by Gasteiger charge is 2.20. The summed E-state index contributed by atoms with van der Waals surface area (Å²) >= 11 is 0. The van der Waals surface area contributed by atoms with E-state index < -0.39 is 0 Å². The molecule has 3 rings (SSSR count). The van der Waals surface area contributed by atoms with Crippen LogP contribution in [0.1, 0.15) is 17.7 Å². The first kappa shape index (κ1) is 12.3. The summed E-state index contributed by atoms with van der Waals surface area (Å²) in [5.74, 6) is 0. The van der Waals surface area contributed by atoms with Crippen LogP contribution in [0.5, 0.6) is 0 Å². The summed E-state index contributed by atoms with van der Waals surface area (Å²) in [5.41, 5.74) is 2.48. The number of rotatable bonds is 2. The minimum Gasteiger partial charge on any atom is -0.392 e. The molecule has 1 aliphatic rings. The van der Waals surface area contributed by atoms with Crippen molar-refractivity contribution in [2.75, 3.05) is 13.1 Å². The number of pyridine rings is 1. The van der Waals surface area contributed by atoms with Crippen LogP contribution < -0.4 is 5.56 Å². The van der Waals surface area contributed by atoms with E-state index in [1.807, 2.05) is 19.1 Å². The van der Waals surface area contributed by atoms with Crippen molar-refractivity contribution in [3.05, 3.63) is 46.0 Å². The first-order valence-corrected chi connectivity index (χ1v) is 6.51. The fourth-order valence-corrected chi connectivity index (χ4v) is 2.52. The fraction of sp³-hybridized carbons (Fsp3) is 0.429. The maximum atomic E-state index is 12.0. The highest BCUT2D eigenvalue weighted by atomic mass is 16.3. The third kappa shape index (κ3) is 2.52. The number of hydrogen-bond donors (Lipinski definition) is 1. The van der Waals surface area contributed by atoms with Gasteiger partial charge in [0.1, 0.15) is 5.65 Å². The van der Waals surface area contributed by atoms with Gasteiger partial charge in [0.05, 0.1) is 11.8 Å². The van der Waals surface area contributed by atoms with Crippen LogP contribution in [0, 0.1) is 6.92 Å². The lowest BCUT2D eigenvalue weighted by Crippen LogP contribution is -2.24. The molecule has 19 heavy (non-hydrogen) atoms. The zero-order valence-corrected chi connectivity index (χ0v) is 10.9. The van der Waals surface area contributed by atoms with Gasteiger partial charge in [-0.3, -0.25) is 14.1 Å². The smallest absolute Gasteiger partial charge is 0.258 e. The lowest BCUT2D eigenvalue weighted by molar-refractivity contribution is 0.174. The summed E-state index contributed by atoms with van der Waals surface area (Å²) in [6.07, 6.45) is 2.30. The third-order valence-electron chi connectivity index (χ3n) is 3.51. The van der Waals surface area contributed by atoms with Gasteiger partial charge in [0.25, 0.3) is 5.56 Å². The van der Waals surface area contributed by atoms with Gasteiger partial charge >= 0.3 is 0 Å². The zero-order chi connectivity index (χ0) is 13.4. The molecule has 1 aliphatic heterocycles. The second kappa shape index (κ2) is 4.75. The average Bonchev–Trinajstić information content (AvgIpc) is 2.74. The van der Waals surface area contributed by atoms with Crippen molar-refractivity contribution in [2.24, 2.45) is 0 Å². The lowest BCUT2D eigenvalue weighted by atomic mass is 10.3. The van der Waals surface area contributed by atoms with E-state index in [2.05, 4.69) is 9.88 Å². The number of hydrogen-bond acceptors (Lipinski definition) is 4. The SMILES string of the molecule is Cc1ccn2c(=O)cc(CN3CC[C@@H](O)C3)nc2c1. The van der Waals surface area contributed by atoms with E-state index in [1.54, 1.807) is 16.7 Å². The molecule has 0 amide bonds. The molecule has 3 heterocycles. The van der Waals surface area contributed by atoms with Gasteiger partial charge < -0.3 is 5.11 Å². The molecule has 0 spiro atoms. The maximum Gasteiger partial charge on any atom is 0.258 e. The largest absolute Gasteiger partial charge is 0.392 e. The number of aliphatic hydroxyl groups excluding tert-OH is 1. The second-order valence-electron chi connectivity index (χ2n) is 5.20. The molecule has 0 aromatic carbocycles. The summed E-state index contributed by atoms with van der Waals surface area (Å²) in [4.78, 5) is 18.7. The van der Waals surface area contributed by atoms with Gasteiger partial charge in [-0.2, -0.15) is 0 Å². The highest BCUT2D eigenvalue weighted by Crippen LogP contribution is 2.12. The summed E-state index contributed by atoms with van der Waals surface area (Å²) < 4.78 is 1.55. The van der Waals surface area contributed by atoms with Crippen LogP contribution in [0.25, 0.3) is 5.65 Å². The molecule has 0 radical (unpaired) electrons. The van der Waals surface area contributed by atoms with Crippen molar-refractivity contribution in [1.82, 2.24) is 14.3 Å². The molecule has 5 heteroatoms. The van der Waals surface area contributed by atoms with Gasteiger partial charge in [-0.1, -0.05) is 0 Å². The van der Waals surface area contributed by atoms with Crippen molar-refractivity contribution in [3.8, 4) is 0 Å². The van der Waals surface area contributed by atoms with Crippen LogP contribution in [0.2, 0.25) is 0 Å². The third-order valence-corrected chi connectivity index (χ3v) is 3.51. The highest BCUT2D eigenvalue weighted by molar-refractivity contribution is 5.41. The Balaban J connectivity index is 1.94. The number of nitrogens with zero attached hydrogens (tertiary/aromatic N) is 3.